The number of aliphatic carboxylic acids is 1. The van der Waals surface area contributed by atoms with Crippen LogP contribution in [0.15, 0.2) is 24.3 Å². The number of hydrogen-bond donors (Lipinski definition) is 3. The van der Waals surface area contributed by atoms with Crippen molar-refractivity contribution in [3.63, 3.8) is 0 Å². The minimum absolute atomic E-state index is 0.0755. The Balaban J connectivity index is 2.55. The standard InChI is InChI=1S/C13H18N2O4/c1-3-19-11-7-5-4-6-10(11)15-12(16)8-14-9(2)13(17)18/h4-7,9,14H,3,8H2,1-2H3,(H,15,16)(H,17,18)/t9-/m0/s1. The van der Waals surface area contributed by atoms with Crippen molar-refractivity contribution in [1.82, 2.24) is 5.32 Å². The number of ether oxygens (including phenoxy) is 1. The van der Waals surface area contributed by atoms with Gasteiger partial charge in [0.2, 0.25) is 5.91 Å². The molecule has 1 rings (SSSR count). The molecule has 0 spiro atoms. The summed E-state index contributed by atoms with van der Waals surface area (Å²) in [5.74, 6) is -0.729. The molecule has 0 aromatic heterocycles. The van der Waals surface area contributed by atoms with Gasteiger partial charge < -0.3 is 15.2 Å². The SMILES string of the molecule is CCOc1ccccc1NC(=O)CN[C@@H](C)C(=O)O. The quantitative estimate of drug-likeness (QED) is 0.687. The van der Waals surface area contributed by atoms with Crippen LogP contribution < -0.4 is 15.4 Å². The largest absolute Gasteiger partial charge is 0.492 e. The van der Waals surface area contributed by atoms with E-state index in [0.29, 0.717) is 18.0 Å². The van der Waals surface area contributed by atoms with Gasteiger partial charge in [0, 0.05) is 0 Å². The lowest BCUT2D eigenvalue weighted by Crippen LogP contribution is -2.39. The minimum Gasteiger partial charge on any atom is -0.492 e. The summed E-state index contributed by atoms with van der Waals surface area (Å²) in [5, 5.41) is 14.0. The number of para-hydroxylation sites is 2. The fraction of sp³-hybridized carbons (Fsp3) is 0.385. The van der Waals surface area contributed by atoms with E-state index in [2.05, 4.69) is 10.6 Å². The second-order valence-electron chi connectivity index (χ2n) is 3.92. The van der Waals surface area contributed by atoms with Gasteiger partial charge in [-0.05, 0) is 26.0 Å². The number of carboxylic acid groups (broad SMARTS) is 1. The number of carbonyl (C=O) groups is 2. The first-order valence-electron chi connectivity index (χ1n) is 6.02. The van der Waals surface area contributed by atoms with E-state index in [1.807, 2.05) is 13.0 Å². The lowest BCUT2D eigenvalue weighted by molar-refractivity contribution is -0.139. The van der Waals surface area contributed by atoms with E-state index >= 15 is 0 Å². The summed E-state index contributed by atoms with van der Waals surface area (Å²) >= 11 is 0. The average Bonchev–Trinajstić information content (AvgIpc) is 2.38. The van der Waals surface area contributed by atoms with E-state index in [-0.39, 0.29) is 12.5 Å². The Labute approximate surface area is 111 Å². The van der Waals surface area contributed by atoms with Crippen molar-refractivity contribution in [1.29, 1.82) is 0 Å². The second kappa shape index (κ2) is 7.38. The van der Waals surface area contributed by atoms with Gasteiger partial charge in [0.1, 0.15) is 11.8 Å². The van der Waals surface area contributed by atoms with Crippen molar-refractivity contribution < 1.29 is 19.4 Å². The Morgan fingerprint density at radius 2 is 2.05 bits per heavy atom. The lowest BCUT2D eigenvalue weighted by atomic mass is 10.3. The molecule has 19 heavy (non-hydrogen) atoms. The van der Waals surface area contributed by atoms with Crippen molar-refractivity contribution >= 4 is 17.6 Å². The maximum absolute atomic E-state index is 11.7. The molecule has 0 saturated carbocycles. The molecule has 0 aliphatic rings. The molecule has 0 aliphatic carbocycles. The molecule has 1 atom stereocenters. The van der Waals surface area contributed by atoms with Crippen molar-refractivity contribution in [3.05, 3.63) is 24.3 Å². The molecule has 1 amide bonds. The van der Waals surface area contributed by atoms with Crippen LogP contribution in [0.4, 0.5) is 5.69 Å². The van der Waals surface area contributed by atoms with Crippen molar-refractivity contribution in [2.45, 2.75) is 19.9 Å². The molecule has 6 heteroatoms. The normalized spacial score (nSPS) is 11.7. The van der Waals surface area contributed by atoms with Crippen LogP contribution in [0.5, 0.6) is 5.75 Å². The monoisotopic (exact) mass is 266 g/mol. The second-order valence-corrected chi connectivity index (χ2v) is 3.92. The van der Waals surface area contributed by atoms with Crippen molar-refractivity contribution in [2.24, 2.45) is 0 Å². The molecule has 0 heterocycles. The summed E-state index contributed by atoms with van der Waals surface area (Å²) < 4.78 is 5.37. The van der Waals surface area contributed by atoms with E-state index in [9.17, 15) is 9.59 Å². The molecule has 0 bridgehead atoms. The van der Waals surface area contributed by atoms with Crippen LogP contribution in [0.3, 0.4) is 0 Å². The summed E-state index contributed by atoms with van der Waals surface area (Å²) in [6, 6.07) is 6.31. The zero-order chi connectivity index (χ0) is 14.3. The van der Waals surface area contributed by atoms with Gasteiger partial charge in [0.25, 0.3) is 0 Å². The van der Waals surface area contributed by atoms with E-state index < -0.39 is 12.0 Å². The number of benzene rings is 1. The van der Waals surface area contributed by atoms with Crippen LogP contribution >= 0.6 is 0 Å². The molecular weight excluding hydrogens is 248 g/mol. The molecule has 0 unspecified atom stereocenters. The average molecular weight is 266 g/mol. The molecule has 1 aromatic rings. The number of nitrogens with one attached hydrogen (secondary N) is 2. The van der Waals surface area contributed by atoms with Gasteiger partial charge in [-0.3, -0.25) is 14.9 Å². The highest BCUT2D eigenvalue weighted by atomic mass is 16.5. The predicted octanol–water partition coefficient (Wildman–Crippen LogP) is 1.09. The van der Waals surface area contributed by atoms with E-state index in [1.165, 1.54) is 6.92 Å². The van der Waals surface area contributed by atoms with E-state index in [0.717, 1.165) is 0 Å². The highest BCUT2D eigenvalue weighted by molar-refractivity contribution is 5.94. The van der Waals surface area contributed by atoms with E-state index in [4.69, 9.17) is 9.84 Å². The maximum Gasteiger partial charge on any atom is 0.320 e. The minimum atomic E-state index is -0.998. The van der Waals surface area contributed by atoms with Crippen LogP contribution in [0.1, 0.15) is 13.8 Å². The first-order valence-corrected chi connectivity index (χ1v) is 6.02. The zero-order valence-electron chi connectivity index (χ0n) is 11.0. The first kappa shape index (κ1) is 15.0. The van der Waals surface area contributed by atoms with Gasteiger partial charge in [-0.1, -0.05) is 12.1 Å². The molecule has 104 valence electrons. The van der Waals surface area contributed by atoms with Crippen molar-refractivity contribution in [2.75, 3.05) is 18.5 Å². The van der Waals surface area contributed by atoms with Crippen LogP contribution in [-0.4, -0.2) is 36.2 Å². The Morgan fingerprint density at radius 1 is 1.37 bits per heavy atom. The van der Waals surface area contributed by atoms with Gasteiger partial charge in [-0.15, -0.1) is 0 Å². The molecular formula is C13H18N2O4. The Morgan fingerprint density at radius 3 is 2.68 bits per heavy atom. The molecule has 0 aliphatic heterocycles. The van der Waals surface area contributed by atoms with Crippen LogP contribution in [-0.2, 0) is 9.59 Å². The topological polar surface area (TPSA) is 87.7 Å². The molecule has 0 fully saturated rings. The number of amides is 1. The van der Waals surface area contributed by atoms with Crippen molar-refractivity contribution in [3.8, 4) is 5.75 Å². The van der Waals surface area contributed by atoms with E-state index in [1.54, 1.807) is 18.2 Å². The molecule has 1 aromatic carbocycles. The summed E-state index contributed by atoms with van der Waals surface area (Å²) in [6.07, 6.45) is 0. The number of hydrogen-bond acceptors (Lipinski definition) is 4. The molecule has 0 radical (unpaired) electrons. The van der Waals surface area contributed by atoms with Crippen LogP contribution in [0.2, 0.25) is 0 Å². The third kappa shape index (κ3) is 4.97. The Bertz CT molecular complexity index is 448. The van der Waals surface area contributed by atoms with Gasteiger partial charge in [0.05, 0.1) is 18.8 Å². The summed E-state index contributed by atoms with van der Waals surface area (Å²) in [6.45, 7) is 3.76. The fourth-order valence-electron chi connectivity index (χ4n) is 1.38. The molecule has 3 N–H and O–H groups in total. The van der Waals surface area contributed by atoms with Gasteiger partial charge in [-0.25, -0.2) is 0 Å². The zero-order valence-corrected chi connectivity index (χ0v) is 11.0. The lowest BCUT2D eigenvalue weighted by Gasteiger charge is -2.12. The third-order valence-corrected chi connectivity index (χ3v) is 2.40. The number of carbonyl (C=O) groups excluding carboxylic acids is 1. The van der Waals surface area contributed by atoms with Crippen LogP contribution in [0.25, 0.3) is 0 Å². The number of anilines is 1. The highest BCUT2D eigenvalue weighted by Crippen LogP contribution is 2.23. The van der Waals surface area contributed by atoms with Gasteiger partial charge >= 0.3 is 5.97 Å². The smallest absolute Gasteiger partial charge is 0.320 e. The Hall–Kier alpha value is -2.08. The fourth-order valence-corrected chi connectivity index (χ4v) is 1.38. The summed E-state index contributed by atoms with van der Waals surface area (Å²) in [5.41, 5.74) is 0.569. The summed E-state index contributed by atoms with van der Waals surface area (Å²) in [7, 11) is 0. The van der Waals surface area contributed by atoms with Crippen LogP contribution in [0, 0.1) is 0 Å². The third-order valence-electron chi connectivity index (χ3n) is 2.40. The number of carboxylic acids is 1. The van der Waals surface area contributed by atoms with Gasteiger partial charge in [-0.2, -0.15) is 0 Å². The number of rotatable bonds is 7. The Kier molecular flexibility index (Phi) is 5.81. The molecule has 0 saturated heterocycles. The first-order chi connectivity index (χ1) is 9.04. The van der Waals surface area contributed by atoms with Gasteiger partial charge in [0.15, 0.2) is 0 Å². The highest BCUT2D eigenvalue weighted by Gasteiger charge is 2.12. The molecule has 6 nitrogen and oxygen atoms in total. The summed E-state index contributed by atoms with van der Waals surface area (Å²) in [4.78, 5) is 22.3. The maximum atomic E-state index is 11.7. The predicted molar refractivity (Wildman–Crippen MR) is 71.3 cm³/mol.